The highest BCUT2D eigenvalue weighted by molar-refractivity contribution is 6.05. The van der Waals surface area contributed by atoms with Crippen molar-refractivity contribution in [3.8, 4) is 11.1 Å². The quantitative estimate of drug-likeness (QED) is 0.114. The topological polar surface area (TPSA) is 121 Å². The molecule has 0 saturated carbocycles. The smallest absolute Gasteiger partial charge is 0.374 e. The van der Waals surface area contributed by atoms with Crippen molar-refractivity contribution in [2.24, 2.45) is 18.6 Å². The van der Waals surface area contributed by atoms with Crippen LogP contribution in [0.2, 0.25) is 0 Å². The zero-order valence-corrected chi connectivity index (χ0v) is 24.6. The Morgan fingerprint density at radius 3 is 2.71 bits per heavy atom. The van der Waals surface area contributed by atoms with Gasteiger partial charge in [-0.05, 0) is 43.0 Å². The Balaban J connectivity index is 1.38. The molecule has 1 atom stereocenters. The van der Waals surface area contributed by atoms with Crippen LogP contribution in [0.25, 0.3) is 27.7 Å². The SMILES string of the molecule is CN1CCc2cc(N3CC4(CCCN4C(=O)N(N)/C=C(\N)F)CC3=O)n3cccc(c23)-c2c(C(F)(F)F)cc3c(ncn3C)c21. The second-order valence-electron chi connectivity index (χ2n) is 12.0. The van der Waals surface area contributed by atoms with Crippen molar-refractivity contribution in [3.63, 3.8) is 0 Å². The van der Waals surface area contributed by atoms with E-state index in [0.29, 0.717) is 77.2 Å². The summed E-state index contributed by atoms with van der Waals surface area (Å²) in [4.78, 5) is 36.2. The van der Waals surface area contributed by atoms with Crippen molar-refractivity contribution in [2.75, 3.05) is 36.5 Å². The average Bonchev–Trinajstić information content (AvgIpc) is 3.73. The highest BCUT2D eigenvalue weighted by Gasteiger charge is 2.53. The van der Waals surface area contributed by atoms with Gasteiger partial charge in [0.2, 0.25) is 11.9 Å². The Bertz CT molecular complexity index is 1930. The molecule has 15 heteroatoms. The Kier molecular flexibility index (Phi) is 6.34. The van der Waals surface area contributed by atoms with Gasteiger partial charge in [-0.25, -0.2) is 20.6 Å². The number of rotatable bonds is 2. The number of aryl methyl sites for hydroxylation is 1. The molecule has 3 amide bonds. The van der Waals surface area contributed by atoms with Gasteiger partial charge in [0.05, 0.1) is 53.3 Å². The van der Waals surface area contributed by atoms with Crippen molar-refractivity contribution in [3.05, 3.63) is 60.1 Å². The molecule has 4 N–H and O–H groups in total. The maximum Gasteiger partial charge on any atom is 0.417 e. The van der Waals surface area contributed by atoms with Crippen molar-refractivity contribution >= 4 is 40.0 Å². The highest BCUT2D eigenvalue weighted by atomic mass is 19.4. The van der Waals surface area contributed by atoms with Crippen molar-refractivity contribution in [2.45, 2.75) is 37.4 Å². The van der Waals surface area contributed by atoms with Gasteiger partial charge < -0.3 is 24.5 Å². The minimum Gasteiger partial charge on any atom is -0.374 e. The minimum atomic E-state index is -4.65. The van der Waals surface area contributed by atoms with Crippen molar-refractivity contribution in [1.29, 1.82) is 0 Å². The van der Waals surface area contributed by atoms with Crippen LogP contribution in [0.4, 0.5) is 33.9 Å². The lowest BCUT2D eigenvalue weighted by Crippen LogP contribution is -2.54. The van der Waals surface area contributed by atoms with Gasteiger partial charge in [0.15, 0.2) is 0 Å². The molecule has 1 spiro atoms. The number of fused-ring (bicyclic) bond motifs is 4. The predicted octanol–water partition coefficient (Wildman–Crippen LogP) is 4.10. The molecular weight excluding hydrogens is 594 g/mol. The maximum absolute atomic E-state index is 14.8. The van der Waals surface area contributed by atoms with E-state index in [1.807, 2.05) is 11.0 Å². The van der Waals surface area contributed by atoms with E-state index >= 15 is 0 Å². The molecule has 1 aromatic carbocycles. The van der Waals surface area contributed by atoms with E-state index < -0.39 is 29.3 Å². The molecule has 3 aromatic heterocycles. The molecule has 2 saturated heterocycles. The highest BCUT2D eigenvalue weighted by Crippen LogP contribution is 2.49. The van der Waals surface area contributed by atoms with Crippen LogP contribution in [0, 0.1) is 0 Å². The van der Waals surface area contributed by atoms with Gasteiger partial charge in [0.1, 0.15) is 11.3 Å². The van der Waals surface area contributed by atoms with Gasteiger partial charge in [-0.1, -0.05) is 6.07 Å². The summed E-state index contributed by atoms with van der Waals surface area (Å²) in [6.45, 7) is 0.878. The van der Waals surface area contributed by atoms with Gasteiger partial charge in [-0.2, -0.15) is 17.6 Å². The molecule has 3 aliphatic rings. The van der Waals surface area contributed by atoms with Crippen LogP contribution in [0.5, 0.6) is 0 Å². The number of hydrogen-bond acceptors (Lipinski definition) is 6. The minimum absolute atomic E-state index is 0.0190. The Morgan fingerprint density at radius 1 is 1.20 bits per heavy atom. The van der Waals surface area contributed by atoms with Crippen LogP contribution < -0.4 is 21.4 Å². The third kappa shape index (κ3) is 4.31. The number of benzene rings is 1. The number of anilines is 2. The third-order valence-corrected chi connectivity index (χ3v) is 9.34. The lowest BCUT2D eigenvalue weighted by Gasteiger charge is -2.35. The lowest BCUT2D eigenvalue weighted by molar-refractivity contribution is -0.137. The molecule has 3 aliphatic heterocycles. The van der Waals surface area contributed by atoms with E-state index in [1.54, 1.807) is 46.3 Å². The number of urea groups is 1. The Morgan fingerprint density at radius 2 is 1.98 bits per heavy atom. The zero-order chi connectivity index (χ0) is 32.0. The Labute approximate surface area is 254 Å². The number of hydrazine groups is 1. The van der Waals surface area contributed by atoms with Gasteiger partial charge >= 0.3 is 12.2 Å². The van der Waals surface area contributed by atoms with E-state index in [0.717, 1.165) is 11.6 Å². The zero-order valence-electron chi connectivity index (χ0n) is 24.6. The summed E-state index contributed by atoms with van der Waals surface area (Å²) in [5.41, 5.74) is 6.44. The van der Waals surface area contributed by atoms with Gasteiger partial charge in [0.25, 0.3) is 0 Å². The number of alkyl halides is 3. The number of nitrogens with two attached hydrogens (primary N) is 2. The third-order valence-electron chi connectivity index (χ3n) is 9.34. The van der Waals surface area contributed by atoms with E-state index in [1.165, 1.54) is 11.2 Å². The van der Waals surface area contributed by atoms with Crippen LogP contribution >= 0.6 is 0 Å². The first-order valence-electron chi connectivity index (χ1n) is 14.5. The summed E-state index contributed by atoms with van der Waals surface area (Å²) in [6, 6.07) is 5.66. The first-order chi connectivity index (χ1) is 21.3. The molecular formula is C30H31F4N9O2. The average molecular weight is 626 g/mol. The molecule has 2 fully saturated rings. The molecule has 0 bridgehead atoms. The number of nitrogens with zero attached hydrogens (tertiary/aromatic N) is 7. The molecule has 236 valence electrons. The Hall–Kier alpha value is -4.79. The summed E-state index contributed by atoms with van der Waals surface area (Å²) in [7, 11) is 3.43. The summed E-state index contributed by atoms with van der Waals surface area (Å²) < 4.78 is 61.0. The van der Waals surface area contributed by atoms with Crippen molar-refractivity contribution in [1.82, 2.24) is 23.9 Å². The number of hydrogen-bond donors (Lipinski definition) is 2. The van der Waals surface area contributed by atoms with Gasteiger partial charge in [-0.3, -0.25) is 9.69 Å². The maximum atomic E-state index is 14.8. The fraction of sp³-hybridized carbons (Fsp3) is 0.367. The predicted molar refractivity (Wildman–Crippen MR) is 160 cm³/mol. The fourth-order valence-corrected chi connectivity index (χ4v) is 7.37. The number of amides is 3. The second kappa shape index (κ2) is 9.86. The van der Waals surface area contributed by atoms with E-state index in [4.69, 9.17) is 11.6 Å². The number of carbonyl (C=O) groups excluding carboxylic acids is 2. The van der Waals surface area contributed by atoms with Crippen LogP contribution in [0.15, 0.2) is 48.9 Å². The molecule has 1 unspecified atom stereocenters. The summed E-state index contributed by atoms with van der Waals surface area (Å²) >= 11 is 0. The molecule has 6 heterocycles. The van der Waals surface area contributed by atoms with E-state index in [2.05, 4.69) is 4.98 Å². The van der Waals surface area contributed by atoms with Crippen LogP contribution in [0.1, 0.15) is 30.4 Å². The van der Waals surface area contributed by atoms with E-state index in [-0.39, 0.29) is 24.4 Å². The number of halogens is 4. The summed E-state index contributed by atoms with van der Waals surface area (Å²) in [5, 5.41) is 0.576. The first-order valence-corrected chi connectivity index (χ1v) is 14.5. The van der Waals surface area contributed by atoms with Crippen LogP contribution in [0.3, 0.4) is 0 Å². The van der Waals surface area contributed by atoms with Crippen molar-refractivity contribution < 1.29 is 27.2 Å². The van der Waals surface area contributed by atoms with Gasteiger partial charge in [0, 0.05) is 44.5 Å². The summed E-state index contributed by atoms with van der Waals surface area (Å²) in [6.07, 6.45) is 0.937. The molecule has 45 heavy (non-hydrogen) atoms. The number of likely N-dealkylation sites (tertiary alicyclic amines) is 1. The largest absolute Gasteiger partial charge is 0.417 e. The lowest BCUT2D eigenvalue weighted by atomic mass is 9.92. The number of likely N-dealkylation sites (N-methyl/N-ethyl adjacent to an activating group) is 1. The first kappa shape index (κ1) is 29.0. The normalized spacial score (nSPS) is 20.5. The molecule has 4 aromatic rings. The number of carbonyl (C=O) groups is 2. The molecule has 11 nitrogen and oxygen atoms in total. The van der Waals surface area contributed by atoms with Crippen LogP contribution in [-0.2, 0) is 24.4 Å². The molecule has 7 rings (SSSR count). The van der Waals surface area contributed by atoms with Gasteiger partial charge in [-0.15, -0.1) is 0 Å². The summed E-state index contributed by atoms with van der Waals surface area (Å²) in [5.74, 6) is 4.89. The fourth-order valence-electron chi connectivity index (χ4n) is 7.37. The molecule has 0 aliphatic carbocycles. The molecule has 0 radical (unpaired) electrons. The van der Waals surface area contributed by atoms with E-state index in [9.17, 15) is 27.2 Å². The number of imidazole rings is 1. The standard InChI is InChI=1S/C30H31F4N9O2/c1-38-10-6-17-11-22(41-15-29(13-23(41)44)7-4-9-42(29)28(45)43(36)14-21(31)35)40-8-3-5-18(26(17)40)24-19(30(32,33)34)12-20-25(27(24)38)37-16-39(20)2/h3,5,8,11-12,14,16H,4,6-7,9-10,13,15,35-36H2,1-2H3/b21-14-. The monoisotopic (exact) mass is 625 g/mol. The second-order valence-corrected chi connectivity index (χ2v) is 12.0. The number of pyridine rings is 1. The van der Waals surface area contributed by atoms with Crippen LogP contribution in [-0.4, -0.2) is 68.0 Å². The number of aromatic nitrogens is 3.